The summed E-state index contributed by atoms with van der Waals surface area (Å²) >= 11 is 6.19. The molecule has 1 aliphatic carbocycles. The van der Waals surface area contributed by atoms with Crippen molar-refractivity contribution in [1.29, 1.82) is 0 Å². The van der Waals surface area contributed by atoms with Crippen LogP contribution in [-0.2, 0) is 6.42 Å². The van der Waals surface area contributed by atoms with Crippen LogP contribution in [0, 0.1) is 6.92 Å². The third kappa shape index (κ3) is 1.33. The Morgan fingerprint density at radius 3 is 2.93 bits per heavy atom. The first-order valence-electron chi connectivity index (χ1n) is 5.64. The first kappa shape index (κ1) is 9.67. The third-order valence-corrected chi connectivity index (χ3v) is 4.13. The molecule has 3 rings (SSSR count). The van der Waals surface area contributed by atoms with Gasteiger partial charge in [-0.25, -0.2) is 4.98 Å². The summed E-state index contributed by atoms with van der Waals surface area (Å²) in [6.45, 7) is 2.04. The summed E-state index contributed by atoms with van der Waals surface area (Å²) in [6.07, 6.45) is 5.72. The standard InChI is InChI=1S/C11H16ClN3/c1-7-8-3-2-4-9(11(13)5-6-11)15(8)10(12)14-7/h9H,2-6,13H2,1H3. The van der Waals surface area contributed by atoms with Gasteiger partial charge in [-0.3, -0.25) is 0 Å². The van der Waals surface area contributed by atoms with Gasteiger partial charge in [0.15, 0.2) is 0 Å². The second-order valence-electron chi connectivity index (χ2n) is 4.92. The fourth-order valence-corrected chi connectivity index (χ4v) is 3.12. The highest BCUT2D eigenvalue weighted by molar-refractivity contribution is 6.28. The second-order valence-corrected chi connectivity index (χ2v) is 5.26. The van der Waals surface area contributed by atoms with Gasteiger partial charge in [0.05, 0.1) is 11.7 Å². The van der Waals surface area contributed by atoms with Crippen molar-refractivity contribution in [3.8, 4) is 0 Å². The van der Waals surface area contributed by atoms with Gasteiger partial charge in [0, 0.05) is 11.2 Å². The molecule has 0 saturated heterocycles. The highest BCUT2D eigenvalue weighted by Gasteiger charge is 2.48. The third-order valence-electron chi connectivity index (χ3n) is 3.86. The average Bonchev–Trinajstić information content (AvgIpc) is 2.89. The number of halogens is 1. The van der Waals surface area contributed by atoms with Crippen molar-refractivity contribution < 1.29 is 0 Å². The molecule has 0 spiro atoms. The molecule has 2 N–H and O–H groups in total. The van der Waals surface area contributed by atoms with E-state index in [0.29, 0.717) is 11.3 Å². The van der Waals surface area contributed by atoms with Gasteiger partial charge in [-0.2, -0.15) is 0 Å². The molecule has 1 aromatic rings. The van der Waals surface area contributed by atoms with Crippen LogP contribution in [0.15, 0.2) is 0 Å². The predicted octanol–water partition coefficient (Wildman–Crippen LogP) is 2.21. The Morgan fingerprint density at radius 2 is 2.27 bits per heavy atom. The van der Waals surface area contributed by atoms with E-state index in [-0.39, 0.29) is 5.54 Å². The van der Waals surface area contributed by atoms with Crippen LogP contribution in [0.25, 0.3) is 0 Å². The van der Waals surface area contributed by atoms with Crippen LogP contribution in [0.3, 0.4) is 0 Å². The summed E-state index contributed by atoms with van der Waals surface area (Å²) in [5.41, 5.74) is 8.69. The van der Waals surface area contributed by atoms with Crippen LogP contribution in [0.2, 0.25) is 5.28 Å². The Morgan fingerprint density at radius 1 is 1.53 bits per heavy atom. The van der Waals surface area contributed by atoms with E-state index in [1.54, 1.807) is 0 Å². The lowest BCUT2D eigenvalue weighted by Gasteiger charge is -2.31. The smallest absolute Gasteiger partial charge is 0.203 e. The minimum atomic E-state index is 0.00590. The zero-order valence-electron chi connectivity index (χ0n) is 8.96. The first-order chi connectivity index (χ1) is 7.12. The molecular weight excluding hydrogens is 210 g/mol. The summed E-state index contributed by atoms with van der Waals surface area (Å²) in [7, 11) is 0. The molecule has 2 aliphatic rings. The molecule has 2 heterocycles. The number of nitrogens with zero attached hydrogens (tertiary/aromatic N) is 2. The molecule has 1 atom stereocenters. The van der Waals surface area contributed by atoms with E-state index in [1.807, 2.05) is 6.92 Å². The molecule has 0 aromatic carbocycles. The molecule has 1 aliphatic heterocycles. The molecule has 3 nitrogen and oxygen atoms in total. The number of rotatable bonds is 1. The summed E-state index contributed by atoms with van der Waals surface area (Å²) in [4.78, 5) is 4.36. The zero-order valence-corrected chi connectivity index (χ0v) is 9.72. The Labute approximate surface area is 94.6 Å². The summed E-state index contributed by atoms with van der Waals surface area (Å²) in [5, 5.41) is 0.629. The van der Waals surface area contributed by atoms with Gasteiger partial charge in [-0.15, -0.1) is 0 Å². The SMILES string of the molecule is Cc1nc(Cl)n2c1CCCC2C1(N)CC1. The maximum absolute atomic E-state index is 6.31. The number of aryl methyl sites for hydroxylation is 1. The Bertz CT molecular complexity index is 406. The van der Waals surface area contributed by atoms with Gasteiger partial charge in [-0.1, -0.05) is 0 Å². The average molecular weight is 226 g/mol. The lowest BCUT2D eigenvalue weighted by Crippen LogP contribution is -2.37. The molecule has 0 radical (unpaired) electrons. The topological polar surface area (TPSA) is 43.8 Å². The summed E-state index contributed by atoms with van der Waals surface area (Å²) in [5.74, 6) is 0. The van der Waals surface area contributed by atoms with E-state index in [9.17, 15) is 0 Å². The monoisotopic (exact) mass is 225 g/mol. The molecule has 15 heavy (non-hydrogen) atoms. The van der Waals surface area contributed by atoms with E-state index in [0.717, 1.165) is 31.4 Å². The van der Waals surface area contributed by atoms with Crippen molar-refractivity contribution in [2.45, 2.75) is 50.6 Å². The lowest BCUT2D eigenvalue weighted by atomic mass is 9.95. The quantitative estimate of drug-likeness (QED) is 0.797. The van der Waals surface area contributed by atoms with Gasteiger partial charge in [0.1, 0.15) is 0 Å². The lowest BCUT2D eigenvalue weighted by molar-refractivity contribution is 0.326. The summed E-state index contributed by atoms with van der Waals surface area (Å²) in [6, 6.07) is 0.384. The van der Waals surface area contributed by atoms with Crippen LogP contribution >= 0.6 is 11.6 Å². The van der Waals surface area contributed by atoms with Gasteiger partial charge >= 0.3 is 0 Å². The minimum absolute atomic E-state index is 0.00590. The van der Waals surface area contributed by atoms with Crippen LogP contribution in [-0.4, -0.2) is 15.1 Å². The number of hydrogen-bond acceptors (Lipinski definition) is 2. The molecule has 82 valence electrons. The minimum Gasteiger partial charge on any atom is -0.323 e. The van der Waals surface area contributed by atoms with Crippen LogP contribution in [0.4, 0.5) is 0 Å². The highest BCUT2D eigenvalue weighted by Crippen LogP contribution is 2.48. The van der Waals surface area contributed by atoms with Gasteiger partial charge in [-0.05, 0) is 50.6 Å². The Balaban J connectivity index is 2.09. The highest BCUT2D eigenvalue weighted by atomic mass is 35.5. The van der Waals surface area contributed by atoms with Gasteiger partial charge in [0.25, 0.3) is 0 Å². The zero-order chi connectivity index (χ0) is 10.6. The fourth-order valence-electron chi connectivity index (χ4n) is 2.77. The van der Waals surface area contributed by atoms with Crippen LogP contribution in [0.1, 0.15) is 43.1 Å². The molecule has 0 bridgehead atoms. The van der Waals surface area contributed by atoms with Gasteiger partial charge < -0.3 is 10.3 Å². The molecule has 1 saturated carbocycles. The van der Waals surface area contributed by atoms with Crippen molar-refractivity contribution in [2.24, 2.45) is 5.73 Å². The normalized spacial score (nSPS) is 27.5. The molecular formula is C11H16ClN3. The molecule has 1 aromatic heterocycles. The van der Waals surface area contributed by atoms with E-state index >= 15 is 0 Å². The summed E-state index contributed by atoms with van der Waals surface area (Å²) < 4.78 is 2.19. The molecule has 4 heteroatoms. The van der Waals surface area contributed by atoms with Crippen molar-refractivity contribution in [2.75, 3.05) is 0 Å². The first-order valence-corrected chi connectivity index (χ1v) is 6.02. The largest absolute Gasteiger partial charge is 0.323 e. The molecule has 1 fully saturated rings. The van der Waals surface area contributed by atoms with Gasteiger partial charge in [0.2, 0.25) is 5.28 Å². The number of imidazole rings is 1. The van der Waals surface area contributed by atoms with Crippen LogP contribution < -0.4 is 5.73 Å². The Kier molecular flexibility index (Phi) is 1.92. The second kappa shape index (κ2) is 2.98. The van der Waals surface area contributed by atoms with Crippen molar-refractivity contribution in [1.82, 2.24) is 9.55 Å². The molecule has 0 amide bonds. The predicted molar refractivity (Wildman–Crippen MR) is 60.1 cm³/mol. The van der Waals surface area contributed by atoms with E-state index in [4.69, 9.17) is 17.3 Å². The van der Waals surface area contributed by atoms with Crippen molar-refractivity contribution in [3.05, 3.63) is 16.7 Å². The molecule has 1 unspecified atom stereocenters. The Hall–Kier alpha value is -0.540. The number of hydrogen-bond donors (Lipinski definition) is 1. The number of fused-ring (bicyclic) bond motifs is 1. The van der Waals surface area contributed by atoms with Crippen LogP contribution in [0.5, 0.6) is 0 Å². The maximum Gasteiger partial charge on any atom is 0.203 e. The van der Waals surface area contributed by atoms with Crippen molar-refractivity contribution in [3.63, 3.8) is 0 Å². The maximum atomic E-state index is 6.31. The number of nitrogens with two attached hydrogens (primary N) is 1. The van der Waals surface area contributed by atoms with Crippen molar-refractivity contribution >= 4 is 11.6 Å². The fraction of sp³-hybridized carbons (Fsp3) is 0.727. The number of aromatic nitrogens is 2. The van der Waals surface area contributed by atoms with E-state index < -0.39 is 0 Å². The van der Waals surface area contributed by atoms with E-state index in [1.165, 1.54) is 12.1 Å². The van der Waals surface area contributed by atoms with E-state index in [2.05, 4.69) is 9.55 Å².